The Kier molecular flexibility index (Phi) is 7.04. The van der Waals surface area contributed by atoms with Crippen LogP contribution < -0.4 is 0 Å². The Hall–Kier alpha value is -1.06. The van der Waals surface area contributed by atoms with Crippen molar-refractivity contribution in [2.45, 2.75) is 95.7 Å². The molecule has 0 atom stereocenters. The van der Waals surface area contributed by atoms with Gasteiger partial charge < -0.3 is 9.47 Å². The Morgan fingerprint density at radius 2 is 0.810 bits per heavy atom. The molecule has 0 radical (unpaired) electrons. The number of esters is 2. The topological polar surface area (TPSA) is 52.6 Å². The molecule has 120 valence electrons. The lowest BCUT2D eigenvalue weighted by molar-refractivity contribution is -0.175. The number of carbonyl (C=O) groups is 2. The molecule has 0 amide bonds. The zero-order valence-electron chi connectivity index (χ0n) is 13.0. The van der Waals surface area contributed by atoms with Crippen LogP contribution in [-0.2, 0) is 19.1 Å². The fourth-order valence-electron chi connectivity index (χ4n) is 3.30. The van der Waals surface area contributed by atoms with E-state index in [2.05, 4.69) is 0 Å². The van der Waals surface area contributed by atoms with E-state index >= 15 is 0 Å². The van der Waals surface area contributed by atoms with Crippen molar-refractivity contribution in [2.24, 2.45) is 0 Å². The lowest BCUT2D eigenvalue weighted by Crippen LogP contribution is -2.29. The van der Waals surface area contributed by atoms with Crippen LogP contribution in [0.3, 0.4) is 0 Å². The van der Waals surface area contributed by atoms with Crippen LogP contribution in [0.4, 0.5) is 0 Å². The van der Waals surface area contributed by atoms with E-state index in [-0.39, 0.29) is 12.2 Å². The fraction of sp³-hybridized carbons (Fsp3) is 0.882. The third-order valence-corrected chi connectivity index (χ3v) is 4.57. The quantitative estimate of drug-likeness (QED) is 0.440. The van der Waals surface area contributed by atoms with Crippen LogP contribution >= 0.6 is 0 Å². The molecule has 0 aromatic heterocycles. The Morgan fingerprint density at radius 3 is 1.14 bits per heavy atom. The predicted octanol–water partition coefficient (Wildman–Crippen LogP) is 3.91. The average molecular weight is 296 g/mol. The summed E-state index contributed by atoms with van der Waals surface area (Å²) in [7, 11) is 0. The zero-order chi connectivity index (χ0) is 14.9. The molecule has 2 aliphatic carbocycles. The second kappa shape index (κ2) is 9.06. The molecule has 0 bridgehead atoms. The van der Waals surface area contributed by atoms with Gasteiger partial charge in [-0.15, -0.1) is 0 Å². The molecule has 2 aliphatic rings. The number of carbonyl (C=O) groups excluding carboxylic acids is 2. The van der Waals surface area contributed by atoms with Crippen LogP contribution in [0.25, 0.3) is 0 Å². The summed E-state index contributed by atoms with van der Waals surface area (Å²) >= 11 is 0. The molecule has 4 heteroatoms. The summed E-state index contributed by atoms with van der Waals surface area (Å²) in [6, 6.07) is 0. The fourth-order valence-corrected chi connectivity index (χ4v) is 3.30. The maximum Gasteiger partial charge on any atom is 0.417 e. The van der Waals surface area contributed by atoms with E-state index in [0.717, 1.165) is 51.4 Å². The van der Waals surface area contributed by atoms with E-state index in [1.165, 1.54) is 32.1 Å². The Morgan fingerprint density at radius 1 is 0.524 bits per heavy atom. The highest BCUT2D eigenvalue weighted by Crippen LogP contribution is 2.21. The monoisotopic (exact) mass is 296 g/mol. The highest BCUT2D eigenvalue weighted by atomic mass is 16.6. The molecule has 2 rings (SSSR count). The van der Waals surface area contributed by atoms with Gasteiger partial charge in [0, 0.05) is 0 Å². The average Bonchev–Trinajstić information content (AvgIpc) is 2.70. The van der Waals surface area contributed by atoms with Crippen molar-refractivity contribution < 1.29 is 19.1 Å². The summed E-state index contributed by atoms with van der Waals surface area (Å²) in [5.41, 5.74) is 0. The SMILES string of the molecule is O=C(OC1CCCCCCC1)C(=O)OC1CCCCCC1. The smallest absolute Gasteiger partial charge is 0.417 e. The first-order valence-corrected chi connectivity index (χ1v) is 8.67. The second-order valence-corrected chi connectivity index (χ2v) is 6.39. The molecule has 2 fully saturated rings. The predicted molar refractivity (Wildman–Crippen MR) is 79.8 cm³/mol. The highest BCUT2D eigenvalue weighted by molar-refractivity contribution is 6.29. The van der Waals surface area contributed by atoms with Gasteiger partial charge in [0.15, 0.2) is 0 Å². The molecule has 0 aromatic rings. The van der Waals surface area contributed by atoms with Gasteiger partial charge in [-0.25, -0.2) is 9.59 Å². The number of ether oxygens (including phenoxy) is 2. The van der Waals surface area contributed by atoms with Crippen molar-refractivity contribution in [1.29, 1.82) is 0 Å². The molecule has 0 unspecified atom stereocenters. The summed E-state index contributed by atoms with van der Waals surface area (Å²) in [4.78, 5) is 23.7. The molecule has 0 N–H and O–H groups in total. The maximum atomic E-state index is 11.9. The lowest BCUT2D eigenvalue weighted by Gasteiger charge is -2.20. The summed E-state index contributed by atoms with van der Waals surface area (Å²) in [5, 5.41) is 0. The number of hydrogen-bond acceptors (Lipinski definition) is 4. The van der Waals surface area contributed by atoms with Gasteiger partial charge in [-0.1, -0.05) is 32.1 Å². The molecule has 0 heterocycles. The number of rotatable bonds is 2. The molecule has 0 spiro atoms. The van der Waals surface area contributed by atoms with Gasteiger partial charge in [0.05, 0.1) is 0 Å². The molecule has 2 saturated carbocycles. The largest absolute Gasteiger partial charge is 0.454 e. The highest BCUT2D eigenvalue weighted by Gasteiger charge is 2.26. The van der Waals surface area contributed by atoms with Crippen molar-refractivity contribution in [1.82, 2.24) is 0 Å². The van der Waals surface area contributed by atoms with E-state index in [1.807, 2.05) is 0 Å². The first-order chi connectivity index (χ1) is 10.3. The van der Waals surface area contributed by atoms with Gasteiger partial charge >= 0.3 is 11.9 Å². The maximum absolute atomic E-state index is 11.9. The minimum Gasteiger partial charge on any atom is -0.454 e. The minimum atomic E-state index is -0.788. The van der Waals surface area contributed by atoms with Crippen LogP contribution in [-0.4, -0.2) is 24.1 Å². The molecule has 0 aromatic carbocycles. The van der Waals surface area contributed by atoms with E-state index < -0.39 is 11.9 Å². The molecular weight excluding hydrogens is 268 g/mol. The Labute approximate surface area is 127 Å². The molecular formula is C17H28O4. The summed E-state index contributed by atoms with van der Waals surface area (Å²) in [5.74, 6) is -1.58. The third-order valence-electron chi connectivity index (χ3n) is 4.57. The Balaban J connectivity index is 1.74. The molecule has 0 saturated heterocycles. The molecule has 4 nitrogen and oxygen atoms in total. The van der Waals surface area contributed by atoms with Crippen LogP contribution in [0.15, 0.2) is 0 Å². The first-order valence-electron chi connectivity index (χ1n) is 8.67. The van der Waals surface area contributed by atoms with E-state index in [9.17, 15) is 9.59 Å². The standard InChI is InChI=1S/C17H28O4/c18-16(20-14-10-6-2-1-3-7-11-14)17(19)21-15-12-8-4-5-9-13-15/h14-15H,1-13H2. The van der Waals surface area contributed by atoms with Gasteiger partial charge in [0.25, 0.3) is 0 Å². The van der Waals surface area contributed by atoms with Crippen molar-refractivity contribution in [3.05, 3.63) is 0 Å². The van der Waals surface area contributed by atoms with Gasteiger partial charge in [-0.3, -0.25) is 0 Å². The van der Waals surface area contributed by atoms with Gasteiger partial charge in [0.1, 0.15) is 12.2 Å². The minimum absolute atomic E-state index is 0.0927. The van der Waals surface area contributed by atoms with E-state index in [0.29, 0.717) is 0 Å². The van der Waals surface area contributed by atoms with Crippen molar-refractivity contribution >= 4 is 11.9 Å². The normalized spacial score (nSPS) is 22.7. The van der Waals surface area contributed by atoms with E-state index in [4.69, 9.17) is 9.47 Å². The molecule has 21 heavy (non-hydrogen) atoms. The summed E-state index contributed by atoms with van der Waals surface area (Å²) < 4.78 is 10.7. The van der Waals surface area contributed by atoms with Crippen LogP contribution in [0.1, 0.15) is 83.5 Å². The van der Waals surface area contributed by atoms with Crippen molar-refractivity contribution in [2.75, 3.05) is 0 Å². The van der Waals surface area contributed by atoms with Crippen LogP contribution in [0, 0.1) is 0 Å². The van der Waals surface area contributed by atoms with Crippen molar-refractivity contribution in [3.8, 4) is 0 Å². The van der Waals surface area contributed by atoms with Crippen LogP contribution in [0.2, 0.25) is 0 Å². The van der Waals surface area contributed by atoms with Gasteiger partial charge in [-0.05, 0) is 51.4 Å². The van der Waals surface area contributed by atoms with Crippen LogP contribution in [0.5, 0.6) is 0 Å². The molecule has 0 aliphatic heterocycles. The third kappa shape index (κ3) is 6.06. The second-order valence-electron chi connectivity index (χ2n) is 6.39. The van der Waals surface area contributed by atoms with E-state index in [1.54, 1.807) is 0 Å². The summed E-state index contributed by atoms with van der Waals surface area (Å²) in [6.45, 7) is 0. The summed E-state index contributed by atoms with van der Waals surface area (Å²) in [6.07, 6.45) is 13.7. The van der Waals surface area contributed by atoms with Crippen molar-refractivity contribution in [3.63, 3.8) is 0 Å². The van der Waals surface area contributed by atoms with Gasteiger partial charge in [0.2, 0.25) is 0 Å². The number of hydrogen-bond donors (Lipinski definition) is 0. The lowest BCUT2D eigenvalue weighted by atomic mass is 9.99. The Bertz CT molecular complexity index is 324. The first kappa shape index (κ1) is 16.3. The van der Waals surface area contributed by atoms with Gasteiger partial charge in [-0.2, -0.15) is 0 Å². The zero-order valence-corrected chi connectivity index (χ0v) is 13.0.